The largest absolute Gasteiger partial charge is 0.348 e. The molecule has 5 nitrogen and oxygen atoms in total. The quantitative estimate of drug-likeness (QED) is 0.466. The Kier molecular flexibility index (Phi) is 4.81. The molecule has 0 saturated heterocycles. The van der Waals surface area contributed by atoms with Crippen molar-refractivity contribution < 1.29 is 4.79 Å². The van der Waals surface area contributed by atoms with Crippen LogP contribution in [0.15, 0.2) is 52.6 Å². The van der Waals surface area contributed by atoms with Gasteiger partial charge < -0.3 is 4.57 Å². The lowest BCUT2D eigenvalue weighted by Gasteiger charge is -2.09. The molecule has 0 unspecified atom stereocenters. The van der Waals surface area contributed by atoms with Crippen LogP contribution in [0.5, 0.6) is 0 Å². The number of rotatable bonds is 6. The van der Waals surface area contributed by atoms with E-state index in [2.05, 4.69) is 22.1 Å². The maximum Gasteiger partial charge on any atom is 0.329 e. The molecule has 0 aliphatic heterocycles. The van der Waals surface area contributed by atoms with Gasteiger partial charge in [-0.2, -0.15) is 0 Å². The van der Waals surface area contributed by atoms with Crippen molar-refractivity contribution in [2.75, 3.05) is 0 Å². The fourth-order valence-corrected chi connectivity index (χ4v) is 4.55. The van der Waals surface area contributed by atoms with E-state index in [0.29, 0.717) is 5.56 Å². The number of ketones is 1. The maximum absolute atomic E-state index is 13.1. The molecule has 0 atom stereocenters. The first-order valence-corrected chi connectivity index (χ1v) is 10.2. The van der Waals surface area contributed by atoms with E-state index in [1.54, 1.807) is 27.5 Å². The molecule has 0 aliphatic carbocycles. The summed E-state index contributed by atoms with van der Waals surface area (Å²) in [5.74, 6) is -0.0334. The second-order valence-corrected chi connectivity index (χ2v) is 8.14. The second-order valence-electron chi connectivity index (χ2n) is 7.11. The molecular weight excluding hydrogens is 370 g/mol. The van der Waals surface area contributed by atoms with Gasteiger partial charge in [-0.25, -0.2) is 4.79 Å². The van der Waals surface area contributed by atoms with Crippen LogP contribution in [0.4, 0.5) is 0 Å². The summed E-state index contributed by atoms with van der Waals surface area (Å²) in [5, 5.41) is 2.08. The van der Waals surface area contributed by atoms with Crippen LogP contribution in [0.25, 0.3) is 11.0 Å². The van der Waals surface area contributed by atoms with Gasteiger partial charge in [0.25, 0.3) is 0 Å². The third-order valence-corrected chi connectivity index (χ3v) is 6.33. The Morgan fingerprint density at radius 3 is 2.50 bits per heavy atom. The van der Waals surface area contributed by atoms with E-state index < -0.39 is 0 Å². The maximum atomic E-state index is 13.1. The molecule has 0 amide bonds. The topological polar surface area (TPSA) is 48.9 Å². The standard InChI is InChI=1S/C22H23N3O2S/c1-15-13-18(16(2)24(15)11-10-17-7-6-12-28-17)21(26)14-25-20-9-5-4-8-19(20)23(3)22(25)27/h4-9,12-13H,10-11,14H2,1-3H3. The number of hydrogen-bond donors (Lipinski definition) is 0. The number of Topliss-reactive ketones (excluding diaryl/α,β-unsaturated/α-hetero) is 1. The van der Waals surface area contributed by atoms with E-state index in [1.165, 1.54) is 4.88 Å². The highest BCUT2D eigenvalue weighted by Gasteiger charge is 2.19. The van der Waals surface area contributed by atoms with E-state index in [4.69, 9.17) is 0 Å². The number of carbonyl (C=O) groups excluding carboxylic acids is 1. The van der Waals surface area contributed by atoms with Crippen LogP contribution in [0, 0.1) is 13.8 Å². The van der Waals surface area contributed by atoms with Gasteiger partial charge in [0.15, 0.2) is 5.78 Å². The molecule has 0 bridgehead atoms. The molecule has 4 aromatic rings. The monoisotopic (exact) mass is 393 g/mol. The SMILES string of the molecule is Cc1cc(C(=O)Cn2c(=O)n(C)c3ccccc32)c(C)n1CCc1cccs1. The van der Waals surface area contributed by atoms with Crippen LogP contribution in [-0.2, 0) is 26.6 Å². The van der Waals surface area contributed by atoms with E-state index in [9.17, 15) is 9.59 Å². The number of para-hydroxylation sites is 2. The van der Waals surface area contributed by atoms with E-state index in [-0.39, 0.29) is 18.0 Å². The molecule has 1 aromatic carbocycles. The van der Waals surface area contributed by atoms with E-state index in [0.717, 1.165) is 35.4 Å². The van der Waals surface area contributed by atoms with Crippen LogP contribution < -0.4 is 5.69 Å². The first-order valence-electron chi connectivity index (χ1n) is 9.34. The van der Waals surface area contributed by atoms with E-state index >= 15 is 0 Å². The zero-order valence-corrected chi connectivity index (χ0v) is 17.1. The molecule has 0 spiro atoms. The minimum Gasteiger partial charge on any atom is -0.348 e. The van der Waals surface area contributed by atoms with Crippen molar-refractivity contribution in [3.05, 3.63) is 80.2 Å². The van der Waals surface area contributed by atoms with Crippen molar-refractivity contribution in [3.8, 4) is 0 Å². The van der Waals surface area contributed by atoms with Crippen molar-refractivity contribution in [2.24, 2.45) is 7.05 Å². The fraction of sp³-hybridized carbons (Fsp3) is 0.273. The van der Waals surface area contributed by atoms with Crippen LogP contribution in [0.1, 0.15) is 26.6 Å². The van der Waals surface area contributed by atoms with Crippen LogP contribution in [-0.4, -0.2) is 19.5 Å². The van der Waals surface area contributed by atoms with E-state index in [1.807, 2.05) is 44.2 Å². The predicted octanol–water partition coefficient (Wildman–Crippen LogP) is 3.95. The Hall–Kier alpha value is -2.86. The first kappa shape index (κ1) is 18.5. The summed E-state index contributed by atoms with van der Waals surface area (Å²) >= 11 is 1.75. The van der Waals surface area contributed by atoms with Crippen molar-refractivity contribution in [1.82, 2.24) is 13.7 Å². The molecule has 28 heavy (non-hydrogen) atoms. The first-order chi connectivity index (χ1) is 13.5. The second kappa shape index (κ2) is 7.28. The normalized spacial score (nSPS) is 11.4. The molecule has 0 N–H and O–H groups in total. The van der Waals surface area contributed by atoms with Crippen molar-refractivity contribution in [2.45, 2.75) is 33.4 Å². The molecule has 144 valence electrons. The number of hydrogen-bond acceptors (Lipinski definition) is 3. The molecular formula is C22H23N3O2S. The summed E-state index contributed by atoms with van der Waals surface area (Å²) in [4.78, 5) is 27.0. The van der Waals surface area contributed by atoms with Gasteiger partial charge >= 0.3 is 5.69 Å². The Bertz CT molecular complexity index is 1210. The summed E-state index contributed by atoms with van der Waals surface area (Å²) in [6, 6.07) is 13.7. The summed E-state index contributed by atoms with van der Waals surface area (Å²) in [7, 11) is 1.74. The minimum absolute atomic E-state index is 0.0334. The van der Waals surface area contributed by atoms with Gasteiger partial charge in [-0.05, 0) is 49.9 Å². The Balaban J connectivity index is 1.62. The number of nitrogens with zero attached hydrogens (tertiary/aromatic N) is 3. The van der Waals surface area contributed by atoms with Gasteiger partial charge in [-0.1, -0.05) is 18.2 Å². The summed E-state index contributed by atoms with van der Waals surface area (Å²) < 4.78 is 5.35. The molecule has 3 heterocycles. The lowest BCUT2D eigenvalue weighted by molar-refractivity contribution is 0.0971. The number of thiophene rings is 1. The predicted molar refractivity (Wildman–Crippen MR) is 113 cm³/mol. The molecule has 0 aliphatic rings. The highest BCUT2D eigenvalue weighted by molar-refractivity contribution is 7.09. The Morgan fingerprint density at radius 1 is 1.04 bits per heavy atom. The number of imidazole rings is 1. The van der Waals surface area contributed by atoms with Crippen molar-refractivity contribution in [3.63, 3.8) is 0 Å². The van der Waals surface area contributed by atoms with Gasteiger partial charge in [0.1, 0.15) is 0 Å². The molecule has 0 saturated carbocycles. The van der Waals surface area contributed by atoms with Gasteiger partial charge in [0, 0.05) is 35.4 Å². The highest BCUT2D eigenvalue weighted by Crippen LogP contribution is 2.19. The van der Waals surface area contributed by atoms with Gasteiger partial charge in [0.05, 0.1) is 17.6 Å². The number of benzene rings is 1. The third-order valence-electron chi connectivity index (χ3n) is 5.39. The third kappa shape index (κ3) is 3.14. The van der Waals surface area contributed by atoms with Gasteiger partial charge in [-0.3, -0.25) is 13.9 Å². The minimum atomic E-state index is -0.166. The summed E-state index contributed by atoms with van der Waals surface area (Å²) in [5.41, 5.74) is 4.19. The van der Waals surface area contributed by atoms with Gasteiger partial charge in [-0.15, -0.1) is 11.3 Å². The molecule has 4 rings (SSSR count). The van der Waals surface area contributed by atoms with Crippen LogP contribution in [0.3, 0.4) is 0 Å². The zero-order chi connectivity index (χ0) is 19.8. The van der Waals surface area contributed by atoms with Crippen LogP contribution in [0.2, 0.25) is 0 Å². The zero-order valence-electron chi connectivity index (χ0n) is 16.3. The lowest BCUT2D eigenvalue weighted by Crippen LogP contribution is -2.25. The Labute approximate surface area is 167 Å². The number of aryl methyl sites for hydroxylation is 3. The van der Waals surface area contributed by atoms with Crippen LogP contribution >= 0.6 is 11.3 Å². The summed E-state index contributed by atoms with van der Waals surface area (Å²) in [6.07, 6.45) is 0.949. The molecule has 3 aromatic heterocycles. The average molecular weight is 394 g/mol. The Morgan fingerprint density at radius 2 is 1.79 bits per heavy atom. The average Bonchev–Trinajstić information content (AvgIpc) is 3.36. The smallest absolute Gasteiger partial charge is 0.329 e. The van der Waals surface area contributed by atoms with Crippen molar-refractivity contribution in [1.29, 1.82) is 0 Å². The fourth-order valence-electron chi connectivity index (χ4n) is 3.85. The summed E-state index contributed by atoms with van der Waals surface area (Å²) in [6.45, 7) is 4.91. The lowest BCUT2D eigenvalue weighted by atomic mass is 10.1. The highest BCUT2D eigenvalue weighted by atomic mass is 32.1. The molecule has 6 heteroatoms. The molecule has 0 fully saturated rings. The number of fused-ring (bicyclic) bond motifs is 1. The van der Waals surface area contributed by atoms with Crippen molar-refractivity contribution >= 4 is 28.2 Å². The van der Waals surface area contributed by atoms with Gasteiger partial charge in [0.2, 0.25) is 0 Å². The molecule has 0 radical (unpaired) electrons. The number of aromatic nitrogens is 3. The number of carbonyl (C=O) groups is 1.